The fraction of sp³-hybridized carbons (Fsp3) is 0.867. The maximum Gasteiger partial charge on any atom is 0.329 e. The first-order valence-electron chi connectivity index (χ1n) is 7.65. The standard InChI is InChI=1S/C15H25NO4/c1-15(14(18)19)8-3-9-16(15)13(17)5-2-4-12-6-10-20-11-7-12/h12H,2-11H2,1H3,(H,18,19). The number of aliphatic carboxylic acids is 1. The van der Waals surface area contributed by atoms with E-state index in [1.165, 1.54) is 0 Å². The number of ether oxygens (including phenoxy) is 1. The Labute approximate surface area is 120 Å². The summed E-state index contributed by atoms with van der Waals surface area (Å²) < 4.78 is 5.32. The van der Waals surface area contributed by atoms with E-state index >= 15 is 0 Å². The van der Waals surface area contributed by atoms with E-state index in [9.17, 15) is 14.7 Å². The van der Waals surface area contributed by atoms with Crippen LogP contribution in [0.1, 0.15) is 51.9 Å². The number of hydrogen-bond donors (Lipinski definition) is 1. The molecule has 0 spiro atoms. The van der Waals surface area contributed by atoms with Crippen LogP contribution in [-0.4, -0.2) is 47.2 Å². The van der Waals surface area contributed by atoms with Crippen LogP contribution >= 0.6 is 0 Å². The lowest BCUT2D eigenvalue weighted by atomic mass is 9.93. The van der Waals surface area contributed by atoms with Crippen LogP contribution in [-0.2, 0) is 14.3 Å². The topological polar surface area (TPSA) is 66.8 Å². The Morgan fingerprint density at radius 2 is 2.05 bits per heavy atom. The average molecular weight is 283 g/mol. The molecule has 0 aromatic heterocycles. The van der Waals surface area contributed by atoms with Crippen LogP contribution in [0.25, 0.3) is 0 Å². The number of amides is 1. The molecule has 2 rings (SSSR count). The number of likely N-dealkylation sites (tertiary alicyclic amines) is 1. The molecule has 0 bridgehead atoms. The lowest BCUT2D eigenvalue weighted by molar-refractivity contribution is -0.155. The lowest BCUT2D eigenvalue weighted by Gasteiger charge is -2.31. The third-order valence-corrected chi connectivity index (χ3v) is 4.75. The minimum absolute atomic E-state index is 0.000501. The van der Waals surface area contributed by atoms with E-state index in [2.05, 4.69) is 0 Å². The second kappa shape index (κ2) is 6.57. The minimum Gasteiger partial charge on any atom is -0.480 e. The first-order valence-corrected chi connectivity index (χ1v) is 7.65. The van der Waals surface area contributed by atoms with Crippen molar-refractivity contribution in [1.82, 2.24) is 4.90 Å². The molecule has 2 saturated heterocycles. The van der Waals surface area contributed by atoms with E-state index in [-0.39, 0.29) is 5.91 Å². The Hall–Kier alpha value is -1.10. The number of hydrogen-bond acceptors (Lipinski definition) is 3. The molecule has 0 saturated carbocycles. The molecule has 2 fully saturated rings. The Balaban J connectivity index is 1.78. The quantitative estimate of drug-likeness (QED) is 0.838. The lowest BCUT2D eigenvalue weighted by Crippen LogP contribution is -2.50. The van der Waals surface area contributed by atoms with Gasteiger partial charge in [-0.15, -0.1) is 0 Å². The summed E-state index contributed by atoms with van der Waals surface area (Å²) in [5.74, 6) is -0.215. The van der Waals surface area contributed by atoms with Gasteiger partial charge in [-0.1, -0.05) is 0 Å². The molecule has 5 nitrogen and oxygen atoms in total. The molecule has 0 aliphatic carbocycles. The third-order valence-electron chi connectivity index (χ3n) is 4.75. The smallest absolute Gasteiger partial charge is 0.329 e. The van der Waals surface area contributed by atoms with Gasteiger partial charge in [-0.2, -0.15) is 0 Å². The molecule has 0 aromatic carbocycles. The van der Waals surface area contributed by atoms with Crippen LogP contribution in [0.4, 0.5) is 0 Å². The van der Waals surface area contributed by atoms with Gasteiger partial charge in [0.25, 0.3) is 0 Å². The number of nitrogens with zero attached hydrogens (tertiary/aromatic N) is 1. The Bertz CT molecular complexity index is 365. The van der Waals surface area contributed by atoms with E-state index in [0.717, 1.165) is 45.3 Å². The van der Waals surface area contributed by atoms with Crippen LogP contribution in [0.2, 0.25) is 0 Å². The molecule has 0 aromatic rings. The van der Waals surface area contributed by atoms with Gasteiger partial charge >= 0.3 is 5.97 Å². The van der Waals surface area contributed by atoms with Crippen molar-refractivity contribution in [1.29, 1.82) is 0 Å². The maximum absolute atomic E-state index is 12.2. The number of carbonyl (C=O) groups is 2. The normalized spacial score (nSPS) is 27.8. The molecule has 1 unspecified atom stereocenters. The van der Waals surface area contributed by atoms with Gasteiger partial charge in [0.05, 0.1) is 0 Å². The van der Waals surface area contributed by atoms with Gasteiger partial charge in [0.1, 0.15) is 5.54 Å². The van der Waals surface area contributed by atoms with Crippen molar-refractivity contribution in [3.8, 4) is 0 Å². The summed E-state index contributed by atoms with van der Waals surface area (Å²) in [4.78, 5) is 25.2. The Kier molecular flexibility index (Phi) is 5.02. The van der Waals surface area contributed by atoms with Crippen molar-refractivity contribution in [2.75, 3.05) is 19.8 Å². The monoisotopic (exact) mass is 283 g/mol. The van der Waals surface area contributed by atoms with E-state index in [1.807, 2.05) is 0 Å². The van der Waals surface area contributed by atoms with Gasteiger partial charge < -0.3 is 14.7 Å². The molecule has 1 amide bonds. The maximum atomic E-state index is 12.2. The van der Waals surface area contributed by atoms with Crippen LogP contribution < -0.4 is 0 Å². The van der Waals surface area contributed by atoms with Gasteiger partial charge in [0, 0.05) is 26.2 Å². The molecule has 20 heavy (non-hydrogen) atoms. The Morgan fingerprint density at radius 1 is 1.35 bits per heavy atom. The molecule has 2 aliphatic heterocycles. The molecular weight excluding hydrogens is 258 g/mol. The summed E-state index contributed by atoms with van der Waals surface area (Å²) in [6.45, 7) is 3.92. The van der Waals surface area contributed by atoms with Gasteiger partial charge in [-0.3, -0.25) is 4.79 Å². The fourth-order valence-electron chi connectivity index (χ4n) is 3.30. The molecule has 2 heterocycles. The third kappa shape index (κ3) is 3.32. The summed E-state index contributed by atoms with van der Waals surface area (Å²) in [7, 11) is 0. The number of rotatable bonds is 5. The van der Waals surface area contributed by atoms with Gasteiger partial charge in [-0.25, -0.2) is 4.79 Å². The summed E-state index contributed by atoms with van der Waals surface area (Å²) in [6.07, 6.45) is 5.90. The zero-order valence-electron chi connectivity index (χ0n) is 12.3. The fourth-order valence-corrected chi connectivity index (χ4v) is 3.30. The van der Waals surface area contributed by atoms with Crippen molar-refractivity contribution < 1.29 is 19.4 Å². The second-order valence-electron chi connectivity index (χ2n) is 6.18. The summed E-state index contributed by atoms with van der Waals surface area (Å²) in [5, 5.41) is 9.31. The summed E-state index contributed by atoms with van der Waals surface area (Å²) in [5.41, 5.74) is -0.990. The van der Waals surface area contributed by atoms with E-state index < -0.39 is 11.5 Å². The van der Waals surface area contributed by atoms with Crippen molar-refractivity contribution in [3.63, 3.8) is 0 Å². The highest BCUT2D eigenvalue weighted by atomic mass is 16.5. The number of carbonyl (C=O) groups excluding carboxylic acids is 1. The zero-order valence-corrected chi connectivity index (χ0v) is 12.3. The molecule has 5 heteroatoms. The molecule has 1 atom stereocenters. The highest BCUT2D eigenvalue weighted by Crippen LogP contribution is 2.30. The highest BCUT2D eigenvalue weighted by molar-refractivity contribution is 5.87. The van der Waals surface area contributed by atoms with Crippen LogP contribution in [0.5, 0.6) is 0 Å². The first kappa shape index (κ1) is 15.3. The largest absolute Gasteiger partial charge is 0.480 e. The summed E-state index contributed by atoms with van der Waals surface area (Å²) >= 11 is 0. The van der Waals surface area contributed by atoms with Crippen molar-refractivity contribution in [3.05, 3.63) is 0 Å². The van der Waals surface area contributed by atoms with Crippen LogP contribution in [0, 0.1) is 5.92 Å². The van der Waals surface area contributed by atoms with Crippen LogP contribution in [0.3, 0.4) is 0 Å². The average Bonchev–Trinajstić information content (AvgIpc) is 2.83. The van der Waals surface area contributed by atoms with Gasteiger partial charge in [0.2, 0.25) is 5.91 Å². The zero-order chi connectivity index (χ0) is 14.6. The van der Waals surface area contributed by atoms with E-state index in [4.69, 9.17) is 4.74 Å². The predicted molar refractivity (Wildman–Crippen MR) is 74.4 cm³/mol. The second-order valence-corrected chi connectivity index (χ2v) is 6.18. The first-order chi connectivity index (χ1) is 9.54. The highest BCUT2D eigenvalue weighted by Gasteiger charge is 2.45. The van der Waals surface area contributed by atoms with Crippen molar-refractivity contribution in [2.45, 2.75) is 57.4 Å². The van der Waals surface area contributed by atoms with Crippen molar-refractivity contribution in [2.24, 2.45) is 5.92 Å². The van der Waals surface area contributed by atoms with E-state index in [0.29, 0.717) is 25.3 Å². The molecule has 2 aliphatic rings. The van der Waals surface area contributed by atoms with Gasteiger partial charge in [-0.05, 0) is 51.4 Å². The molecule has 0 radical (unpaired) electrons. The summed E-state index contributed by atoms with van der Waals surface area (Å²) in [6, 6.07) is 0. The molecule has 114 valence electrons. The van der Waals surface area contributed by atoms with Gasteiger partial charge in [0.15, 0.2) is 0 Å². The Morgan fingerprint density at radius 3 is 2.70 bits per heavy atom. The van der Waals surface area contributed by atoms with E-state index in [1.54, 1.807) is 11.8 Å². The number of carboxylic acids is 1. The number of carboxylic acid groups (broad SMARTS) is 1. The van der Waals surface area contributed by atoms with Crippen LogP contribution in [0.15, 0.2) is 0 Å². The van der Waals surface area contributed by atoms with Crippen molar-refractivity contribution >= 4 is 11.9 Å². The molecule has 1 N–H and O–H groups in total. The molecular formula is C15H25NO4. The minimum atomic E-state index is -0.990. The predicted octanol–water partition coefficient (Wildman–Crippen LogP) is 2.05. The SMILES string of the molecule is CC1(C(=O)O)CCCN1C(=O)CCCC1CCOCC1.